The first-order chi connectivity index (χ1) is 7.33. The van der Waals surface area contributed by atoms with Gasteiger partial charge in [-0.2, -0.15) is 0 Å². The van der Waals surface area contributed by atoms with Crippen LogP contribution in [0.4, 0.5) is 12.0 Å². The lowest BCUT2D eigenvalue weighted by molar-refractivity contribution is 0.249. The van der Waals surface area contributed by atoms with E-state index in [1.807, 2.05) is 0 Å². The fraction of sp³-hybridized carbons (Fsp3) is 0.778. The number of fused-ring (bicyclic) bond motifs is 4. The molecule has 82 valence electrons. The Morgan fingerprint density at radius 3 is 2.60 bits per heavy atom. The Morgan fingerprint density at radius 2 is 1.93 bits per heavy atom. The predicted octanol–water partition coefficient (Wildman–Crippen LogP) is -0.0638. The highest BCUT2D eigenvalue weighted by molar-refractivity contribution is 5.30. The molecule has 4 rings (SSSR count). The standard InChI is InChI=1S/C9H15N5O/c10-8-11-12-9(15-8)14-6-5-13-3-1-7(14)2-4-13/h7H,1-6H2,(H2,10,11). The van der Waals surface area contributed by atoms with Crippen molar-refractivity contribution in [2.45, 2.75) is 18.9 Å². The first kappa shape index (κ1) is 8.96. The molecule has 0 aliphatic carbocycles. The summed E-state index contributed by atoms with van der Waals surface area (Å²) in [6, 6.07) is 1.29. The third-order valence-corrected chi connectivity index (χ3v) is 3.33. The molecule has 0 spiro atoms. The Balaban J connectivity index is 1.85. The van der Waals surface area contributed by atoms with Gasteiger partial charge < -0.3 is 20.0 Å². The largest absolute Gasteiger partial charge is 0.390 e. The molecular formula is C9H15N5O. The predicted molar refractivity (Wildman–Crippen MR) is 55.5 cm³/mol. The maximum absolute atomic E-state index is 5.44. The third kappa shape index (κ3) is 1.54. The van der Waals surface area contributed by atoms with E-state index in [4.69, 9.17) is 10.2 Å². The van der Waals surface area contributed by atoms with Gasteiger partial charge in [-0.25, -0.2) is 0 Å². The lowest BCUT2D eigenvalue weighted by Gasteiger charge is -2.29. The van der Waals surface area contributed by atoms with E-state index in [2.05, 4.69) is 20.0 Å². The Morgan fingerprint density at radius 1 is 1.13 bits per heavy atom. The van der Waals surface area contributed by atoms with Gasteiger partial charge in [0.15, 0.2) is 0 Å². The number of anilines is 2. The number of hydrogen-bond donors (Lipinski definition) is 1. The van der Waals surface area contributed by atoms with Crippen molar-refractivity contribution in [3.8, 4) is 0 Å². The lowest BCUT2D eigenvalue weighted by Crippen LogP contribution is -2.38. The van der Waals surface area contributed by atoms with E-state index in [0.717, 1.165) is 13.1 Å². The zero-order chi connectivity index (χ0) is 10.3. The number of nitrogen functional groups attached to an aromatic ring is 1. The number of aromatic nitrogens is 2. The quantitative estimate of drug-likeness (QED) is 0.698. The van der Waals surface area contributed by atoms with E-state index < -0.39 is 0 Å². The molecule has 0 saturated carbocycles. The normalized spacial score (nSPS) is 30.5. The number of piperidine rings is 1. The number of nitrogens with zero attached hydrogens (tertiary/aromatic N) is 4. The van der Waals surface area contributed by atoms with Crippen molar-refractivity contribution < 1.29 is 4.42 Å². The average molecular weight is 209 g/mol. The van der Waals surface area contributed by atoms with Crippen LogP contribution in [0.5, 0.6) is 0 Å². The zero-order valence-corrected chi connectivity index (χ0v) is 8.59. The van der Waals surface area contributed by atoms with Gasteiger partial charge in [-0.3, -0.25) is 0 Å². The van der Waals surface area contributed by atoms with Crippen molar-refractivity contribution in [1.29, 1.82) is 0 Å². The summed E-state index contributed by atoms with van der Waals surface area (Å²) in [5.74, 6) is 0. The summed E-state index contributed by atoms with van der Waals surface area (Å²) in [5.41, 5.74) is 5.44. The van der Waals surface area contributed by atoms with E-state index in [-0.39, 0.29) is 6.01 Å². The fourth-order valence-electron chi connectivity index (χ4n) is 2.48. The number of rotatable bonds is 1. The van der Waals surface area contributed by atoms with Gasteiger partial charge in [-0.05, 0) is 12.8 Å². The van der Waals surface area contributed by atoms with E-state index in [9.17, 15) is 0 Å². The van der Waals surface area contributed by atoms with Gasteiger partial charge >= 0.3 is 12.0 Å². The average Bonchev–Trinajstić information content (AvgIpc) is 2.51. The molecule has 0 amide bonds. The van der Waals surface area contributed by atoms with Crippen LogP contribution in [0.25, 0.3) is 0 Å². The van der Waals surface area contributed by atoms with Gasteiger partial charge in [-0.15, -0.1) is 0 Å². The van der Waals surface area contributed by atoms with Crippen LogP contribution in [0.15, 0.2) is 4.42 Å². The van der Waals surface area contributed by atoms with Crippen LogP contribution in [0.1, 0.15) is 12.8 Å². The summed E-state index contributed by atoms with van der Waals surface area (Å²) in [5, 5.41) is 7.67. The summed E-state index contributed by atoms with van der Waals surface area (Å²) >= 11 is 0. The molecule has 2 bridgehead atoms. The Kier molecular flexibility index (Phi) is 2.02. The molecular weight excluding hydrogens is 194 g/mol. The van der Waals surface area contributed by atoms with Crippen molar-refractivity contribution in [3.05, 3.63) is 0 Å². The van der Waals surface area contributed by atoms with Crippen LogP contribution >= 0.6 is 0 Å². The molecule has 2 N–H and O–H groups in total. The summed E-state index contributed by atoms with van der Waals surface area (Å²) in [7, 11) is 0. The Hall–Kier alpha value is -1.30. The fourth-order valence-corrected chi connectivity index (χ4v) is 2.48. The van der Waals surface area contributed by atoms with Crippen LogP contribution in [0.3, 0.4) is 0 Å². The Labute approximate surface area is 88.0 Å². The van der Waals surface area contributed by atoms with E-state index in [1.54, 1.807) is 0 Å². The van der Waals surface area contributed by atoms with Crippen molar-refractivity contribution in [3.63, 3.8) is 0 Å². The van der Waals surface area contributed by atoms with E-state index >= 15 is 0 Å². The molecule has 1 aromatic rings. The highest BCUT2D eigenvalue weighted by Gasteiger charge is 2.31. The molecule has 3 aliphatic rings. The minimum absolute atomic E-state index is 0.157. The molecule has 3 fully saturated rings. The molecule has 3 saturated heterocycles. The van der Waals surface area contributed by atoms with Crippen LogP contribution in [-0.4, -0.2) is 47.3 Å². The minimum atomic E-state index is 0.157. The Bertz CT molecular complexity index is 344. The molecule has 6 nitrogen and oxygen atoms in total. The SMILES string of the molecule is Nc1nnc(N2CCN3CCC2CC3)o1. The van der Waals surface area contributed by atoms with Crippen LogP contribution in [0, 0.1) is 0 Å². The second-order valence-electron chi connectivity index (χ2n) is 4.19. The molecule has 6 heteroatoms. The summed E-state index contributed by atoms with van der Waals surface area (Å²) in [4.78, 5) is 4.69. The van der Waals surface area contributed by atoms with Crippen molar-refractivity contribution >= 4 is 12.0 Å². The molecule has 3 aliphatic heterocycles. The van der Waals surface area contributed by atoms with Gasteiger partial charge in [-0.1, -0.05) is 10.2 Å². The highest BCUT2D eigenvalue weighted by atomic mass is 16.4. The number of nitrogens with two attached hydrogens (primary N) is 1. The second-order valence-corrected chi connectivity index (χ2v) is 4.19. The smallest absolute Gasteiger partial charge is 0.319 e. The van der Waals surface area contributed by atoms with Crippen LogP contribution in [0.2, 0.25) is 0 Å². The molecule has 4 heterocycles. The van der Waals surface area contributed by atoms with Gasteiger partial charge in [0.2, 0.25) is 0 Å². The van der Waals surface area contributed by atoms with Crippen molar-refractivity contribution in [1.82, 2.24) is 15.1 Å². The van der Waals surface area contributed by atoms with Crippen LogP contribution in [-0.2, 0) is 0 Å². The summed E-state index contributed by atoms with van der Waals surface area (Å²) < 4.78 is 5.29. The molecule has 1 aromatic heterocycles. The van der Waals surface area contributed by atoms with Gasteiger partial charge in [0, 0.05) is 32.2 Å². The first-order valence-electron chi connectivity index (χ1n) is 5.41. The van der Waals surface area contributed by atoms with Crippen molar-refractivity contribution in [2.24, 2.45) is 0 Å². The van der Waals surface area contributed by atoms with E-state index in [0.29, 0.717) is 12.1 Å². The third-order valence-electron chi connectivity index (χ3n) is 3.33. The molecule has 0 atom stereocenters. The summed E-state index contributed by atoms with van der Waals surface area (Å²) in [6.07, 6.45) is 2.37. The molecule has 15 heavy (non-hydrogen) atoms. The maximum Gasteiger partial charge on any atom is 0.319 e. The second kappa shape index (κ2) is 3.37. The zero-order valence-electron chi connectivity index (χ0n) is 8.59. The molecule has 0 radical (unpaired) electrons. The monoisotopic (exact) mass is 209 g/mol. The first-order valence-corrected chi connectivity index (χ1v) is 5.41. The van der Waals surface area contributed by atoms with Crippen molar-refractivity contribution in [2.75, 3.05) is 36.8 Å². The molecule has 0 unspecified atom stereocenters. The minimum Gasteiger partial charge on any atom is -0.390 e. The van der Waals surface area contributed by atoms with Gasteiger partial charge in [0.25, 0.3) is 0 Å². The highest BCUT2D eigenvalue weighted by Crippen LogP contribution is 2.25. The maximum atomic E-state index is 5.44. The molecule has 0 aromatic carbocycles. The summed E-state index contributed by atoms with van der Waals surface area (Å²) in [6.45, 7) is 4.42. The van der Waals surface area contributed by atoms with E-state index in [1.165, 1.54) is 25.9 Å². The topological polar surface area (TPSA) is 71.4 Å². The number of hydrogen-bond acceptors (Lipinski definition) is 6. The van der Waals surface area contributed by atoms with Gasteiger partial charge in [0.05, 0.1) is 0 Å². The van der Waals surface area contributed by atoms with Crippen LogP contribution < -0.4 is 10.6 Å². The van der Waals surface area contributed by atoms with Gasteiger partial charge in [0.1, 0.15) is 0 Å². The lowest BCUT2D eigenvalue weighted by atomic mass is 10.1.